The van der Waals surface area contributed by atoms with Crippen LogP contribution < -0.4 is 14.8 Å². The predicted molar refractivity (Wildman–Crippen MR) is 77.7 cm³/mol. The Bertz CT molecular complexity index is 472. The minimum Gasteiger partial charge on any atom is -0.454 e. The molecule has 0 bridgehead atoms. The van der Waals surface area contributed by atoms with Crippen molar-refractivity contribution in [1.82, 2.24) is 10.2 Å². The Balaban J connectivity index is 0.00000147. The number of nitrogens with one attached hydrogen (secondary N) is 1. The summed E-state index contributed by atoms with van der Waals surface area (Å²) in [4.78, 5) is 13.8. The second-order valence-corrected chi connectivity index (χ2v) is 4.89. The van der Waals surface area contributed by atoms with Gasteiger partial charge in [-0.05, 0) is 43.1 Å². The van der Waals surface area contributed by atoms with E-state index >= 15 is 0 Å². The van der Waals surface area contributed by atoms with Crippen molar-refractivity contribution >= 4 is 18.3 Å². The van der Waals surface area contributed by atoms with Crippen LogP contribution in [0.2, 0.25) is 0 Å². The standard InChI is InChI=1S/C14H18N2O3.ClH/c1-15-8-14(17)16-4-2-10-6-12-13(19-9-18-12)7-11(10)3-5-16;/h6-7,15H,2-5,8-9H2,1H3;1H. The maximum atomic E-state index is 11.9. The molecule has 6 heteroatoms. The lowest BCUT2D eigenvalue weighted by molar-refractivity contribution is -0.130. The van der Waals surface area contributed by atoms with Gasteiger partial charge in [0.25, 0.3) is 0 Å². The minimum atomic E-state index is 0. The maximum absolute atomic E-state index is 11.9. The number of benzene rings is 1. The number of likely N-dealkylation sites (N-methyl/N-ethyl adjacent to an activating group) is 1. The van der Waals surface area contributed by atoms with E-state index in [9.17, 15) is 4.79 Å². The minimum absolute atomic E-state index is 0. The molecule has 0 saturated carbocycles. The third-order valence-electron chi connectivity index (χ3n) is 3.68. The van der Waals surface area contributed by atoms with Gasteiger partial charge in [-0.2, -0.15) is 0 Å². The van der Waals surface area contributed by atoms with Crippen molar-refractivity contribution in [3.63, 3.8) is 0 Å². The molecule has 1 aromatic rings. The molecule has 20 heavy (non-hydrogen) atoms. The summed E-state index contributed by atoms with van der Waals surface area (Å²) in [6.45, 7) is 2.25. The zero-order valence-corrected chi connectivity index (χ0v) is 12.3. The van der Waals surface area contributed by atoms with Gasteiger partial charge in [-0.15, -0.1) is 12.4 Å². The molecule has 0 fully saturated rings. The fourth-order valence-electron chi connectivity index (χ4n) is 2.63. The summed E-state index contributed by atoms with van der Waals surface area (Å²) >= 11 is 0. The Labute approximate surface area is 124 Å². The lowest BCUT2D eigenvalue weighted by Gasteiger charge is -2.19. The summed E-state index contributed by atoms with van der Waals surface area (Å²) in [5.41, 5.74) is 2.54. The van der Waals surface area contributed by atoms with Crippen LogP contribution in [-0.2, 0) is 17.6 Å². The molecule has 0 aliphatic carbocycles. The average Bonchev–Trinajstić information content (AvgIpc) is 2.75. The van der Waals surface area contributed by atoms with Gasteiger partial charge in [0, 0.05) is 13.1 Å². The largest absolute Gasteiger partial charge is 0.454 e. The van der Waals surface area contributed by atoms with Crippen LogP contribution in [-0.4, -0.2) is 44.3 Å². The molecule has 5 nitrogen and oxygen atoms in total. The van der Waals surface area contributed by atoms with Gasteiger partial charge in [0.05, 0.1) is 6.54 Å². The summed E-state index contributed by atoms with van der Waals surface area (Å²) in [6.07, 6.45) is 1.75. The molecule has 0 radical (unpaired) electrons. The van der Waals surface area contributed by atoms with Crippen LogP contribution in [0.15, 0.2) is 12.1 Å². The van der Waals surface area contributed by atoms with E-state index in [0.717, 1.165) is 37.4 Å². The molecule has 110 valence electrons. The van der Waals surface area contributed by atoms with Crippen LogP contribution >= 0.6 is 12.4 Å². The first-order chi connectivity index (χ1) is 9.28. The number of carbonyl (C=O) groups excluding carboxylic acids is 1. The third kappa shape index (κ3) is 2.83. The topological polar surface area (TPSA) is 50.8 Å². The highest BCUT2D eigenvalue weighted by Gasteiger charge is 2.22. The highest BCUT2D eigenvalue weighted by Crippen LogP contribution is 2.35. The number of fused-ring (bicyclic) bond motifs is 2. The fraction of sp³-hybridized carbons (Fsp3) is 0.500. The van der Waals surface area contributed by atoms with Crippen molar-refractivity contribution in [2.75, 3.05) is 33.5 Å². The summed E-state index contributed by atoms with van der Waals surface area (Å²) in [6, 6.07) is 4.12. The molecule has 2 heterocycles. The number of ether oxygens (including phenoxy) is 2. The molecule has 0 unspecified atom stereocenters. The van der Waals surface area contributed by atoms with Crippen LogP contribution in [0.1, 0.15) is 11.1 Å². The second kappa shape index (κ2) is 6.33. The van der Waals surface area contributed by atoms with Crippen LogP contribution in [0.25, 0.3) is 0 Å². The van der Waals surface area contributed by atoms with E-state index in [0.29, 0.717) is 13.3 Å². The zero-order chi connectivity index (χ0) is 13.2. The monoisotopic (exact) mass is 298 g/mol. The van der Waals surface area contributed by atoms with Crippen molar-refractivity contribution in [1.29, 1.82) is 0 Å². The van der Waals surface area contributed by atoms with Crippen LogP contribution in [0.5, 0.6) is 11.5 Å². The van der Waals surface area contributed by atoms with Crippen LogP contribution in [0.4, 0.5) is 0 Å². The van der Waals surface area contributed by atoms with Gasteiger partial charge in [0.2, 0.25) is 12.7 Å². The molecule has 2 aliphatic heterocycles. The lowest BCUT2D eigenvalue weighted by Crippen LogP contribution is -2.38. The highest BCUT2D eigenvalue weighted by molar-refractivity contribution is 5.85. The summed E-state index contributed by atoms with van der Waals surface area (Å²) in [7, 11) is 1.80. The van der Waals surface area contributed by atoms with Crippen LogP contribution in [0, 0.1) is 0 Å². The zero-order valence-electron chi connectivity index (χ0n) is 11.5. The summed E-state index contributed by atoms with van der Waals surface area (Å²) in [5.74, 6) is 1.82. The number of hydrogen-bond acceptors (Lipinski definition) is 4. The van der Waals surface area contributed by atoms with E-state index in [1.165, 1.54) is 11.1 Å². The molecule has 3 rings (SSSR count). The van der Waals surface area contributed by atoms with Gasteiger partial charge in [-0.1, -0.05) is 0 Å². The molecule has 2 aliphatic rings. The van der Waals surface area contributed by atoms with E-state index in [1.54, 1.807) is 7.05 Å². The number of halogens is 1. The van der Waals surface area contributed by atoms with Crippen molar-refractivity contribution in [2.45, 2.75) is 12.8 Å². The fourth-order valence-corrected chi connectivity index (χ4v) is 2.63. The SMILES string of the molecule is CNCC(=O)N1CCc2cc3c(cc2CC1)OCO3.Cl. The van der Waals surface area contributed by atoms with E-state index in [4.69, 9.17) is 9.47 Å². The molecule has 0 atom stereocenters. The molecular weight excluding hydrogens is 280 g/mol. The Kier molecular flexibility index (Phi) is 4.73. The third-order valence-corrected chi connectivity index (χ3v) is 3.68. The van der Waals surface area contributed by atoms with Gasteiger partial charge in [-0.3, -0.25) is 4.79 Å². The van der Waals surface area contributed by atoms with E-state index < -0.39 is 0 Å². The quantitative estimate of drug-likeness (QED) is 0.884. The number of nitrogens with zero attached hydrogens (tertiary/aromatic N) is 1. The Morgan fingerprint density at radius 1 is 1.20 bits per heavy atom. The average molecular weight is 299 g/mol. The van der Waals surface area contributed by atoms with E-state index in [1.807, 2.05) is 4.90 Å². The Morgan fingerprint density at radius 2 is 1.75 bits per heavy atom. The number of rotatable bonds is 2. The number of hydrogen-bond donors (Lipinski definition) is 1. The normalized spacial score (nSPS) is 16.1. The first kappa shape index (κ1) is 14.9. The van der Waals surface area contributed by atoms with Crippen molar-refractivity contribution < 1.29 is 14.3 Å². The van der Waals surface area contributed by atoms with E-state index in [-0.39, 0.29) is 18.3 Å². The molecule has 1 aromatic carbocycles. The van der Waals surface area contributed by atoms with Gasteiger partial charge < -0.3 is 19.7 Å². The van der Waals surface area contributed by atoms with Crippen molar-refractivity contribution in [3.8, 4) is 11.5 Å². The molecule has 0 spiro atoms. The first-order valence-electron chi connectivity index (χ1n) is 6.61. The molecule has 0 aromatic heterocycles. The smallest absolute Gasteiger partial charge is 0.236 e. The maximum Gasteiger partial charge on any atom is 0.236 e. The van der Waals surface area contributed by atoms with Crippen molar-refractivity contribution in [3.05, 3.63) is 23.3 Å². The van der Waals surface area contributed by atoms with Gasteiger partial charge in [-0.25, -0.2) is 0 Å². The molecule has 0 saturated heterocycles. The Morgan fingerprint density at radius 3 is 2.25 bits per heavy atom. The lowest BCUT2D eigenvalue weighted by atomic mass is 10.0. The molecule has 1 amide bonds. The molecule has 1 N–H and O–H groups in total. The Hall–Kier alpha value is -1.46. The van der Waals surface area contributed by atoms with Gasteiger partial charge in [0.1, 0.15) is 0 Å². The summed E-state index contributed by atoms with van der Waals surface area (Å²) < 4.78 is 10.8. The first-order valence-corrected chi connectivity index (χ1v) is 6.61. The van der Waals surface area contributed by atoms with Gasteiger partial charge in [0.15, 0.2) is 11.5 Å². The highest BCUT2D eigenvalue weighted by atomic mass is 35.5. The molecular formula is C14H19ClN2O3. The van der Waals surface area contributed by atoms with Crippen molar-refractivity contribution in [2.24, 2.45) is 0 Å². The van der Waals surface area contributed by atoms with Crippen LogP contribution in [0.3, 0.4) is 0 Å². The predicted octanol–water partition coefficient (Wildman–Crippen LogP) is 0.984. The number of carbonyl (C=O) groups is 1. The van der Waals surface area contributed by atoms with Gasteiger partial charge >= 0.3 is 0 Å². The second-order valence-electron chi connectivity index (χ2n) is 4.89. The van der Waals surface area contributed by atoms with E-state index in [2.05, 4.69) is 17.4 Å². The number of amides is 1. The summed E-state index contributed by atoms with van der Waals surface area (Å²) in [5, 5.41) is 2.91.